The lowest BCUT2D eigenvalue weighted by Gasteiger charge is -2.26. The second-order valence-corrected chi connectivity index (χ2v) is 14.7. The molecule has 0 amide bonds. The zero-order valence-electron chi connectivity index (χ0n) is 28.3. The Kier molecular flexibility index (Phi) is 5.90. The van der Waals surface area contributed by atoms with Gasteiger partial charge in [0.2, 0.25) is 0 Å². The number of furan rings is 2. The zero-order chi connectivity index (χ0) is 34.6. The molecule has 0 saturated carbocycles. The van der Waals surface area contributed by atoms with Crippen molar-refractivity contribution in [1.82, 2.24) is 4.57 Å². The van der Waals surface area contributed by atoms with Gasteiger partial charge in [-0.15, -0.1) is 11.3 Å². The van der Waals surface area contributed by atoms with Crippen molar-refractivity contribution in [2.24, 2.45) is 0 Å². The molecule has 0 bridgehead atoms. The molecule has 53 heavy (non-hydrogen) atoms. The fraction of sp³-hybridized carbons (Fsp3) is 0. The number of benzene rings is 8. The predicted molar refractivity (Wildman–Crippen MR) is 223 cm³/mol. The average Bonchev–Trinajstić information content (AvgIpc) is 3.97. The minimum absolute atomic E-state index is 0.835. The van der Waals surface area contributed by atoms with E-state index in [1.165, 1.54) is 42.0 Å². The normalized spacial score (nSPS) is 12.2. The van der Waals surface area contributed by atoms with Gasteiger partial charge in [-0.2, -0.15) is 0 Å². The summed E-state index contributed by atoms with van der Waals surface area (Å²) in [5.41, 5.74) is 9.99. The molecule has 0 saturated heterocycles. The van der Waals surface area contributed by atoms with E-state index in [4.69, 9.17) is 8.83 Å². The van der Waals surface area contributed by atoms with Gasteiger partial charge in [-0.05, 0) is 66.7 Å². The van der Waals surface area contributed by atoms with Crippen LogP contribution < -0.4 is 4.90 Å². The maximum absolute atomic E-state index is 6.68. The maximum Gasteiger partial charge on any atom is 0.159 e. The Bertz CT molecular complexity index is 3270. The molecule has 0 aliphatic rings. The summed E-state index contributed by atoms with van der Waals surface area (Å²) in [6.07, 6.45) is 0. The smallest absolute Gasteiger partial charge is 0.159 e. The van der Waals surface area contributed by atoms with E-state index in [0.717, 1.165) is 66.6 Å². The molecule has 0 aliphatic heterocycles. The third-order valence-electron chi connectivity index (χ3n) is 10.8. The molecule has 12 aromatic rings. The van der Waals surface area contributed by atoms with Crippen molar-refractivity contribution < 1.29 is 8.83 Å². The largest absolute Gasteiger partial charge is 0.456 e. The molecule has 4 heterocycles. The summed E-state index contributed by atoms with van der Waals surface area (Å²) in [5, 5.41) is 9.37. The molecule has 12 rings (SSSR count). The van der Waals surface area contributed by atoms with Gasteiger partial charge in [0.1, 0.15) is 16.7 Å². The van der Waals surface area contributed by atoms with Crippen LogP contribution in [0.25, 0.3) is 91.5 Å². The Morgan fingerprint density at radius 3 is 1.89 bits per heavy atom. The van der Waals surface area contributed by atoms with Crippen molar-refractivity contribution in [2.45, 2.75) is 0 Å². The lowest BCUT2D eigenvalue weighted by Crippen LogP contribution is -2.10. The van der Waals surface area contributed by atoms with E-state index >= 15 is 0 Å². The molecule has 0 fully saturated rings. The summed E-state index contributed by atoms with van der Waals surface area (Å²) in [5.74, 6) is 0. The summed E-state index contributed by atoms with van der Waals surface area (Å²) in [6, 6.07) is 60.5. The highest BCUT2D eigenvalue weighted by molar-refractivity contribution is 7.26. The first-order valence-electron chi connectivity index (χ1n) is 17.8. The third-order valence-corrected chi connectivity index (χ3v) is 12.0. The molecule has 0 atom stereocenters. The van der Waals surface area contributed by atoms with Gasteiger partial charge < -0.3 is 18.3 Å². The van der Waals surface area contributed by atoms with Gasteiger partial charge in [-0.25, -0.2) is 0 Å². The van der Waals surface area contributed by atoms with Crippen LogP contribution >= 0.6 is 11.3 Å². The molecule has 4 aromatic heterocycles. The Morgan fingerprint density at radius 2 is 1.06 bits per heavy atom. The van der Waals surface area contributed by atoms with Gasteiger partial charge in [0.25, 0.3) is 0 Å². The highest BCUT2D eigenvalue weighted by Gasteiger charge is 2.23. The Labute approximate surface area is 306 Å². The molecule has 0 radical (unpaired) electrons. The quantitative estimate of drug-likeness (QED) is 0.184. The number of para-hydroxylation sites is 4. The summed E-state index contributed by atoms with van der Waals surface area (Å²) in [7, 11) is 0. The Morgan fingerprint density at radius 1 is 0.415 bits per heavy atom. The topological polar surface area (TPSA) is 34.5 Å². The summed E-state index contributed by atoms with van der Waals surface area (Å²) in [6.45, 7) is 0. The van der Waals surface area contributed by atoms with E-state index in [-0.39, 0.29) is 0 Å². The lowest BCUT2D eigenvalue weighted by molar-refractivity contribution is 0.667. The van der Waals surface area contributed by atoms with E-state index in [9.17, 15) is 0 Å². The fourth-order valence-electron chi connectivity index (χ4n) is 8.46. The van der Waals surface area contributed by atoms with Gasteiger partial charge in [0, 0.05) is 59.5 Å². The summed E-state index contributed by atoms with van der Waals surface area (Å²) < 4.78 is 18.2. The van der Waals surface area contributed by atoms with E-state index in [0.29, 0.717) is 0 Å². The van der Waals surface area contributed by atoms with E-state index in [2.05, 4.69) is 167 Å². The van der Waals surface area contributed by atoms with E-state index in [1.54, 1.807) is 0 Å². The molecule has 5 heteroatoms. The number of hydrogen-bond donors (Lipinski definition) is 0. The van der Waals surface area contributed by atoms with Crippen molar-refractivity contribution in [3.05, 3.63) is 170 Å². The molecule has 8 aromatic carbocycles. The first kappa shape index (κ1) is 28.8. The van der Waals surface area contributed by atoms with Gasteiger partial charge in [-0.1, -0.05) is 97.1 Å². The van der Waals surface area contributed by atoms with E-state index in [1.807, 2.05) is 23.5 Å². The van der Waals surface area contributed by atoms with Gasteiger partial charge in [-0.3, -0.25) is 0 Å². The van der Waals surface area contributed by atoms with Crippen LogP contribution in [0.4, 0.5) is 17.1 Å². The second kappa shape index (κ2) is 10.8. The number of fused-ring (bicyclic) bond motifs is 12. The van der Waals surface area contributed by atoms with Crippen molar-refractivity contribution in [3.8, 4) is 5.69 Å². The van der Waals surface area contributed by atoms with Crippen LogP contribution in [0.15, 0.2) is 179 Å². The SMILES string of the molecule is c1ccc2c(c1)oc1c(N(c3ccc4c(c3)oc3ccc(-n5c6ccccc6c6ccccc65)cc34)c3cccc4c3sc3ccccc34)cccc12. The van der Waals surface area contributed by atoms with E-state index < -0.39 is 0 Å². The number of aromatic nitrogens is 1. The van der Waals surface area contributed by atoms with Gasteiger partial charge in [0.15, 0.2) is 5.58 Å². The van der Waals surface area contributed by atoms with Gasteiger partial charge >= 0.3 is 0 Å². The van der Waals surface area contributed by atoms with Crippen LogP contribution in [0, 0.1) is 0 Å². The highest BCUT2D eigenvalue weighted by atomic mass is 32.1. The monoisotopic (exact) mass is 696 g/mol. The van der Waals surface area contributed by atoms with Crippen molar-refractivity contribution in [2.75, 3.05) is 4.90 Å². The van der Waals surface area contributed by atoms with Crippen LogP contribution in [0.3, 0.4) is 0 Å². The number of anilines is 3. The third kappa shape index (κ3) is 4.11. The number of thiophene rings is 1. The van der Waals surface area contributed by atoms with Crippen molar-refractivity contribution >= 4 is 114 Å². The first-order valence-corrected chi connectivity index (χ1v) is 18.7. The maximum atomic E-state index is 6.68. The fourth-order valence-corrected chi connectivity index (χ4v) is 9.66. The standard InChI is InChI=1S/C48H28N2O2S/c1-5-17-39-31(11-1)32-12-2-6-18-40(32)49(39)29-24-26-44-38(27-29)34-25-23-30(28-45(34)51-44)50(41-19-9-15-36-33-13-3-7-21-43(33)52-47(36)41)42-20-10-16-37-35-14-4-8-22-46(35)53-48(37)42/h1-28H. The summed E-state index contributed by atoms with van der Waals surface area (Å²) >= 11 is 1.83. The Balaban J connectivity index is 1.09. The van der Waals surface area contributed by atoms with Crippen LogP contribution in [0.2, 0.25) is 0 Å². The van der Waals surface area contributed by atoms with Crippen LogP contribution in [-0.4, -0.2) is 4.57 Å². The Hall–Kier alpha value is -6.82. The van der Waals surface area contributed by atoms with Crippen LogP contribution in [0.1, 0.15) is 0 Å². The predicted octanol–water partition coefficient (Wildman–Crippen LogP) is 14.4. The molecule has 248 valence electrons. The zero-order valence-corrected chi connectivity index (χ0v) is 29.1. The lowest BCUT2D eigenvalue weighted by atomic mass is 10.1. The van der Waals surface area contributed by atoms with Crippen molar-refractivity contribution in [3.63, 3.8) is 0 Å². The minimum atomic E-state index is 0.835. The number of hydrogen-bond acceptors (Lipinski definition) is 4. The molecule has 4 nitrogen and oxygen atoms in total. The van der Waals surface area contributed by atoms with Crippen LogP contribution in [0.5, 0.6) is 0 Å². The average molecular weight is 697 g/mol. The first-order chi connectivity index (χ1) is 26.3. The molecule has 0 spiro atoms. The van der Waals surface area contributed by atoms with Crippen LogP contribution in [-0.2, 0) is 0 Å². The number of nitrogens with zero attached hydrogens (tertiary/aromatic N) is 2. The highest BCUT2D eigenvalue weighted by Crippen LogP contribution is 2.48. The van der Waals surface area contributed by atoms with Crippen molar-refractivity contribution in [1.29, 1.82) is 0 Å². The second-order valence-electron chi connectivity index (χ2n) is 13.7. The molecule has 0 unspecified atom stereocenters. The van der Waals surface area contributed by atoms with Gasteiger partial charge in [0.05, 0.1) is 32.8 Å². The summed E-state index contributed by atoms with van der Waals surface area (Å²) in [4.78, 5) is 2.35. The molecular formula is C48H28N2O2S. The molecule has 0 N–H and O–H groups in total. The number of rotatable bonds is 4. The molecular weight excluding hydrogens is 669 g/mol. The molecule has 0 aliphatic carbocycles. The minimum Gasteiger partial charge on any atom is -0.456 e.